The monoisotopic (exact) mass is 311 g/mol. The largest absolute Gasteiger partial charge is 0.369 e. The summed E-state index contributed by atoms with van der Waals surface area (Å²) in [5.41, 5.74) is 1.04. The maximum Gasteiger partial charge on any atom is 0.144 e. The zero-order valence-electron chi connectivity index (χ0n) is 11.5. The van der Waals surface area contributed by atoms with E-state index in [1.165, 1.54) is 19.3 Å². The zero-order chi connectivity index (χ0) is 13.1. The van der Waals surface area contributed by atoms with Crippen molar-refractivity contribution in [2.45, 2.75) is 52.4 Å². The summed E-state index contributed by atoms with van der Waals surface area (Å²) in [7, 11) is 0. The number of aromatic nitrogens is 2. The first-order valence-electron chi connectivity index (χ1n) is 6.89. The molecule has 1 aliphatic rings. The molecule has 0 saturated heterocycles. The number of rotatable bonds is 4. The van der Waals surface area contributed by atoms with Gasteiger partial charge in [-0.2, -0.15) is 0 Å². The fourth-order valence-electron chi connectivity index (χ4n) is 2.57. The number of nitrogens with one attached hydrogen (secondary N) is 1. The molecule has 1 heterocycles. The number of nitrogens with zero attached hydrogens (tertiary/aromatic N) is 2. The topological polar surface area (TPSA) is 37.8 Å². The minimum atomic E-state index is 0.550. The Kier molecular flexibility index (Phi) is 4.60. The Balaban J connectivity index is 2.23. The van der Waals surface area contributed by atoms with Gasteiger partial charge >= 0.3 is 0 Å². The van der Waals surface area contributed by atoms with Crippen molar-refractivity contribution in [3.05, 3.63) is 16.0 Å². The summed E-state index contributed by atoms with van der Waals surface area (Å²) in [6.45, 7) is 7.48. The molecular weight excluding hydrogens is 290 g/mol. The van der Waals surface area contributed by atoms with Gasteiger partial charge in [0.1, 0.15) is 11.6 Å². The predicted octanol–water partition coefficient (Wildman–Crippen LogP) is 4.27. The summed E-state index contributed by atoms with van der Waals surface area (Å²) in [4.78, 5) is 9.38. The lowest BCUT2D eigenvalue weighted by atomic mass is 10.1. The van der Waals surface area contributed by atoms with Gasteiger partial charge in [-0.05, 0) is 54.5 Å². The highest BCUT2D eigenvalue weighted by Gasteiger charge is 2.26. The third-order valence-electron chi connectivity index (χ3n) is 3.64. The fraction of sp³-hybridized carbons (Fsp3) is 0.714. The molecule has 2 atom stereocenters. The van der Waals surface area contributed by atoms with Crippen LogP contribution in [0.5, 0.6) is 0 Å². The van der Waals surface area contributed by atoms with E-state index in [9.17, 15) is 0 Å². The average molecular weight is 312 g/mol. The normalized spacial score (nSPS) is 23.3. The molecule has 0 aliphatic heterocycles. The SMILES string of the molecule is CCCNc1nc(C2CCC(C)C2)nc(C)c1Br. The van der Waals surface area contributed by atoms with Gasteiger partial charge in [-0.15, -0.1) is 0 Å². The second kappa shape index (κ2) is 6.00. The van der Waals surface area contributed by atoms with Gasteiger partial charge in [0.15, 0.2) is 0 Å². The highest BCUT2D eigenvalue weighted by molar-refractivity contribution is 9.10. The Morgan fingerprint density at radius 1 is 1.33 bits per heavy atom. The van der Waals surface area contributed by atoms with Crippen LogP contribution < -0.4 is 5.32 Å². The molecule has 1 N–H and O–H groups in total. The number of hydrogen-bond donors (Lipinski definition) is 1. The van der Waals surface area contributed by atoms with Crippen LogP contribution in [-0.2, 0) is 0 Å². The van der Waals surface area contributed by atoms with E-state index in [1.54, 1.807) is 0 Å². The average Bonchev–Trinajstić information content (AvgIpc) is 2.77. The van der Waals surface area contributed by atoms with Crippen molar-refractivity contribution in [2.75, 3.05) is 11.9 Å². The van der Waals surface area contributed by atoms with E-state index < -0.39 is 0 Å². The Bertz CT molecular complexity index is 420. The van der Waals surface area contributed by atoms with E-state index in [0.717, 1.165) is 40.7 Å². The van der Waals surface area contributed by atoms with Crippen LogP contribution in [0.4, 0.5) is 5.82 Å². The Morgan fingerprint density at radius 2 is 2.11 bits per heavy atom. The Hall–Kier alpha value is -0.640. The first-order valence-corrected chi connectivity index (χ1v) is 7.69. The maximum atomic E-state index is 4.72. The maximum absolute atomic E-state index is 4.72. The molecule has 0 amide bonds. The van der Waals surface area contributed by atoms with E-state index in [4.69, 9.17) is 4.98 Å². The van der Waals surface area contributed by atoms with Gasteiger partial charge in [0, 0.05) is 12.5 Å². The van der Waals surface area contributed by atoms with Crippen LogP contribution in [0.3, 0.4) is 0 Å². The summed E-state index contributed by atoms with van der Waals surface area (Å²) in [5.74, 6) is 3.35. The molecule has 0 bridgehead atoms. The third-order valence-corrected chi connectivity index (χ3v) is 4.59. The number of anilines is 1. The molecule has 0 spiro atoms. The third kappa shape index (κ3) is 3.02. The summed E-state index contributed by atoms with van der Waals surface area (Å²) < 4.78 is 1.01. The molecule has 2 rings (SSSR count). The van der Waals surface area contributed by atoms with Gasteiger partial charge < -0.3 is 5.32 Å². The highest BCUT2D eigenvalue weighted by Crippen LogP contribution is 2.37. The Labute approximate surface area is 118 Å². The minimum Gasteiger partial charge on any atom is -0.369 e. The first-order chi connectivity index (χ1) is 8.61. The molecule has 2 unspecified atom stereocenters. The molecule has 0 radical (unpaired) electrons. The van der Waals surface area contributed by atoms with Crippen LogP contribution in [0, 0.1) is 12.8 Å². The molecule has 1 saturated carbocycles. The number of halogens is 1. The molecule has 1 fully saturated rings. The lowest BCUT2D eigenvalue weighted by Crippen LogP contribution is -2.09. The van der Waals surface area contributed by atoms with Crippen molar-refractivity contribution < 1.29 is 0 Å². The molecular formula is C14H22BrN3. The van der Waals surface area contributed by atoms with E-state index >= 15 is 0 Å². The van der Waals surface area contributed by atoms with Gasteiger partial charge in [0.05, 0.1) is 10.2 Å². The van der Waals surface area contributed by atoms with Crippen LogP contribution in [0.25, 0.3) is 0 Å². The molecule has 0 aromatic carbocycles. The van der Waals surface area contributed by atoms with Crippen LogP contribution >= 0.6 is 15.9 Å². The lowest BCUT2D eigenvalue weighted by molar-refractivity contribution is 0.584. The fourth-order valence-corrected chi connectivity index (χ4v) is 2.88. The smallest absolute Gasteiger partial charge is 0.144 e. The summed E-state index contributed by atoms with van der Waals surface area (Å²) in [6.07, 6.45) is 4.87. The van der Waals surface area contributed by atoms with Gasteiger partial charge in [0.25, 0.3) is 0 Å². The van der Waals surface area contributed by atoms with E-state index in [0.29, 0.717) is 5.92 Å². The van der Waals surface area contributed by atoms with Crippen LogP contribution in [0.1, 0.15) is 57.0 Å². The van der Waals surface area contributed by atoms with Gasteiger partial charge in [-0.25, -0.2) is 9.97 Å². The van der Waals surface area contributed by atoms with Gasteiger partial charge in [0.2, 0.25) is 0 Å². The molecule has 4 heteroatoms. The summed E-state index contributed by atoms with van der Waals surface area (Å²) in [6, 6.07) is 0. The highest BCUT2D eigenvalue weighted by atomic mass is 79.9. The number of hydrogen-bond acceptors (Lipinski definition) is 3. The van der Waals surface area contributed by atoms with Crippen molar-refractivity contribution >= 4 is 21.7 Å². The van der Waals surface area contributed by atoms with Crippen LogP contribution in [0.15, 0.2) is 4.47 Å². The summed E-state index contributed by atoms with van der Waals surface area (Å²) in [5, 5.41) is 3.38. The second-order valence-electron chi connectivity index (χ2n) is 5.37. The van der Waals surface area contributed by atoms with Crippen molar-refractivity contribution in [2.24, 2.45) is 5.92 Å². The number of aryl methyl sites for hydroxylation is 1. The summed E-state index contributed by atoms with van der Waals surface area (Å²) >= 11 is 3.58. The Morgan fingerprint density at radius 3 is 2.72 bits per heavy atom. The minimum absolute atomic E-state index is 0.550. The molecule has 1 aliphatic carbocycles. The van der Waals surface area contributed by atoms with Crippen molar-refractivity contribution in [3.63, 3.8) is 0 Å². The van der Waals surface area contributed by atoms with E-state index in [1.807, 2.05) is 6.92 Å². The second-order valence-corrected chi connectivity index (χ2v) is 6.16. The predicted molar refractivity (Wildman–Crippen MR) is 79.0 cm³/mol. The molecule has 18 heavy (non-hydrogen) atoms. The molecule has 1 aromatic heterocycles. The zero-order valence-corrected chi connectivity index (χ0v) is 13.0. The van der Waals surface area contributed by atoms with Gasteiger partial charge in [-0.1, -0.05) is 13.8 Å². The molecule has 1 aromatic rings. The lowest BCUT2D eigenvalue weighted by Gasteiger charge is -2.14. The van der Waals surface area contributed by atoms with Gasteiger partial charge in [-0.3, -0.25) is 0 Å². The van der Waals surface area contributed by atoms with Crippen molar-refractivity contribution in [3.8, 4) is 0 Å². The van der Waals surface area contributed by atoms with Crippen molar-refractivity contribution in [1.29, 1.82) is 0 Å². The van der Waals surface area contributed by atoms with E-state index in [2.05, 4.69) is 40.1 Å². The standard InChI is InChI=1S/C14H22BrN3/c1-4-7-16-14-12(15)10(3)17-13(18-14)11-6-5-9(2)8-11/h9,11H,4-8H2,1-3H3,(H,16,17,18). The van der Waals surface area contributed by atoms with Crippen LogP contribution in [-0.4, -0.2) is 16.5 Å². The van der Waals surface area contributed by atoms with Crippen LogP contribution in [0.2, 0.25) is 0 Å². The first kappa shape index (κ1) is 13.8. The quantitative estimate of drug-likeness (QED) is 0.902. The molecule has 3 nitrogen and oxygen atoms in total. The molecule has 100 valence electrons. The van der Waals surface area contributed by atoms with E-state index in [-0.39, 0.29) is 0 Å². The van der Waals surface area contributed by atoms with Crippen molar-refractivity contribution in [1.82, 2.24) is 9.97 Å².